The third-order valence-corrected chi connectivity index (χ3v) is 3.03. The molecule has 1 aromatic rings. The Kier molecular flexibility index (Phi) is 3.83. The average Bonchev–Trinajstić information content (AvgIpc) is 3.11. The van der Waals surface area contributed by atoms with E-state index >= 15 is 0 Å². The molecule has 5 heteroatoms. The minimum Gasteiger partial charge on any atom is -0.477 e. The van der Waals surface area contributed by atoms with Crippen molar-refractivity contribution >= 4 is 17.4 Å². The first-order valence-electron chi connectivity index (χ1n) is 5.62. The van der Waals surface area contributed by atoms with E-state index < -0.39 is 0 Å². The molecule has 1 N–H and O–H groups in total. The van der Waals surface area contributed by atoms with Crippen LogP contribution in [0.15, 0.2) is 12.4 Å². The summed E-state index contributed by atoms with van der Waals surface area (Å²) in [6, 6.07) is 0. The number of nitrogens with one attached hydrogen (secondary N) is 1. The van der Waals surface area contributed by atoms with Crippen molar-refractivity contribution < 1.29 is 4.74 Å². The lowest BCUT2D eigenvalue weighted by Crippen LogP contribution is -2.16. The van der Waals surface area contributed by atoms with Gasteiger partial charge in [-0.2, -0.15) is 4.98 Å². The van der Waals surface area contributed by atoms with Crippen LogP contribution < -0.4 is 10.1 Å². The molecule has 0 radical (unpaired) electrons. The van der Waals surface area contributed by atoms with Gasteiger partial charge in [-0.25, -0.2) is 0 Å². The van der Waals surface area contributed by atoms with Gasteiger partial charge in [0.1, 0.15) is 5.82 Å². The number of rotatable bonds is 6. The van der Waals surface area contributed by atoms with Crippen LogP contribution in [0.1, 0.15) is 19.8 Å². The number of anilines is 1. The molecule has 2 rings (SSSR count). The van der Waals surface area contributed by atoms with Crippen LogP contribution in [0.25, 0.3) is 0 Å². The molecule has 88 valence electrons. The maximum absolute atomic E-state index is 6.19. The van der Waals surface area contributed by atoms with Gasteiger partial charge in [0.15, 0.2) is 0 Å². The predicted molar refractivity (Wildman–Crippen MR) is 64.1 cm³/mol. The van der Waals surface area contributed by atoms with E-state index in [0.717, 1.165) is 12.4 Å². The molecular weight excluding hydrogens is 226 g/mol. The fourth-order valence-corrected chi connectivity index (χ4v) is 1.81. The first-order valence-corrected chi connectivity index (χ1v) is 6.06. The zero-order valence-corrected chi connectivity index (χ0v) is 10.1. The number of ether oxygens (including phenoxy) is 1. The normalized spacial score (nSPS) is 16.9. The van der Waals surface area contributed by atoms with Crippen LogP contribution in [0.4, 0.5) is 5.82 Å². The fourth-order valence-electron chi connectivity index (χ4n) is 1.48. The summed E-state index contributed by atoms with van der Waals surface area (Å²) in [6.07, 6.45) is 5.79. The van der Waals surface area contributed by atoms with E-state index in [-0.39, 0.29) is 5.38 Å². The van der Waals surface area contributed by atoms with E-state index in [1.165, 1.54) is 12.8 Å². The topological polar surface area (TPSA) is 47.0 Å². The Bertz CT molecular complexity index is 344. The Morgan fingerprint density at radius 3 is 3.06 bits per heavy atom. The second-order valence-electron chi connectivity index (χ2n) is 3.91. The number of alkyl halides is 1. The van der Waals surface area contributed by atoms with Gasteiger partial charge in [-0.1, -0.05) is 0 Å². The highest BCUT2D eigenvalue weighted by molar-refractivity contribution is 6.21. The van der Waals surface area contributed by atoms with Crippen LogP contribution >= 0.6 is 11.6 Å². The van der Waals surface area contributed by atoms with E-state index in [0.29, 0.717) is 18.4 Å². The van der Waals surface area contributed by atoms with Crippen LogP contribution in [0.2, 0.25) is 0 Å². The molecule has 1 heterocycles. The van der Waals surface area contributed by atoms with Gasteiger partial charge in [-0.3, -0.25) is 4.98 Å². The molecule has 0 saturated heterocycles. The molecule has 16 heavy (non-hydrogen) atoms. The van der Waals surface area contributed by atoms with Crippen molar-refractivity contribution in [3.05, 3.63) is 12.4 Å². The van der Waals surface area contributed by atoms with Gasteiger partial charge >= 0.3 is 0 Å². The zero-order valence-electron chi connectivity index (χ0n) is 9.32. The SMILES string of the molecule is CCOc1cncc(NCC(Cl)C2CC2)n1. The molecule has 0 amide bonds. The summed E-state index contributed by atoms with van der Waals surface area (Å²) in [5.41, 5.74) is 0. The highest BCUT2D eigenvalue weighted by atomic mass is 35.5. The minimum atomic E-state index is 0.192. The highest BCUT2D eigenvalue weighted by Crippen LogP contribution is 2.35. The van der Waals surface area contributed by atoms with Crippen molar-refractivity contribution in [1.82, 2.24) is 9.97 Å². The van der Waals surface area contributed by atoms with Crippen molar-refractivity contribution in [2.75, 3.05) is 18.5 Å². The van der Waals surface area contributed by atoms with Gasteiger partial charge in [0.05, 0.1) is 24.4 Å². The van der Waals surface area contributed by atoms with E-state index in [9.17, 15) is 0 Å². The fraction of sp³-hybridized carbons (Fsp3) is 0.636. The molecule has 0 aliphatic heterocycles. The van der Waals surface area contributed by atoms with E-state index in [1.54, 1.807) is 12.4 Å². The monoisotopic (exact) mass is 241 g/mol. The van der Waals surface area contributed by atoms with Gasteiger partial charge in [0.2, 0.25) is 5.88 Å². The predicted octanol–water partition coefficient (Wildman–Crippen LogP) is 2.30. The molecule has 1 saturated carbocycles. The Labute approximate surface area is 100 Å². The van der Waals surface area contributed by atoms with Crippen LogP contribution in [0.5, 0.6) is 5.88 Å². The quantitative estimate of drug-likeness (QED) is 0.777. The first kappa shape index (κ1) is 11.5. The zero-order chi connectivity index (χ0) is 11.4. The van der Waals surface area contributed by atoms with Crippen molar-refractivity contribution in [1.29, 1.82) is 0 Å². The van der Waals surface area contributed by atoms with Crippen molar-refractivity contribution in [2.45, 2.75) is 25.1 Å². The Morgan fingerprint density at radius 1 is 1.56 bits per heavy atom. The summed E-state index contributed by atoms with van der Waals surface area (Å²) < 4.78 is 5.27. The number of hydrogen-bond donors (Lipinski definition) is 1. The van der Waals surface area contributed by atoms with Crippen molar-refractivity contribution in [3.63, 3.8) is 0 Å². The Hall–Kier alpha value is -1.03. The summed E-state index contributed by atoms with van der Waals surface area (Å²) in [7, 11) is 0. The van der Waals surface area contributed by atoms with E-state index in [2.05, 4.69) is 15.3 Å². The molecule has 1 aromatic heterocycles. The third-order valence-electron chi connectivity index (χ3n) is 2.52. The largest absolute Gasteiger partial charge is 0.477 e. The van der Waals surface area contributed by atoms with Gasteiger partial charge in [-0.05, 0) is 25.7 Å². The van der Waals surface area contributed by atoms with Crippen LogP contribution in [-0.2, 0) is 0 Å². The standard InChI is InChI=1S/C11H16ClN3O/c1-2-16-11-7-13-6-10(15-11)14-5-9(12)8-3-4-8/h6-9H,2-5H2,1H3,(H,14,15). The van der Waals surface area contributed by atoms with Gasteiger partial charge in [0.25, 0.3) is 0 Å². The van der Waals surface area contributed by atoms with E-state index in [1.807, 2.05) is 6.92 Å². The maximum atomic E-state index is 6.19. The molecule has 0 spiro atoms. The summed E-state index contributed by atoms with van der Waals surface area (Å²) >= 11 is 6.19. The average molecular weight is 242 g/mol. The highest BCUT2D eigenvalue weighted by Gasteiger charge is 2.29. The lowest BCUT2D eigenvalue weighted by molar-refractivity contribution is 0.325. The summed E-state index contributed by atoms with van der Waals surface area (Å²) in [5, 5.41) is 3.37. The minimum absolute atomic E-state index is 0.192. The van der Waals surface area contributed by atoms with Crippen LogP contribution in [-0.4, -0.2) is 28.5 Å². The second kappa shape index (κ2) is 5.34. The van der Waals surface area contributed by atoms with Crippen molar-refractivity contribution in [3.8, 4) is 5.88 Å². The van der Waals surface area contributed by atoms with Crippen molar-refractivity contribution in [2.24, 2.45) is 5.92 Å². The number of hydrogen-bond acceptors (Lipinski definition) is 4. The Morgan fingerprint density at radius 2 is 2.38 bits per heavy atom. The molecule has 1 aliphatic carbocycles. The molecule has 1 fully saturated rings. The first-order chi connectivity index (χ1) is 7.79. The lowest BCUT2D eigenvalue weighted by atomic mass is 10.3. The van der Waals surface area contributed by atoms with Gasteiger partial charge in [0, 0.05) is 6.54 Å². The molecule has 0 aromatic carbocycles. The summed E-state index contributed by atoms with van der Waals surface area (Å²) in [5.74, 6) is 1.94. The number of nitrogens with zero attached hydrogens (tertiary/aromatic N) is 2. The molecule has 0 bridgehead atoms. The second-order valence-corrected chi connectivity index (χ2v) is 4.47. The van der Waals surface area contributed by atoms with Crippen LogP contribution in [0.3, 0.4) is 0 Å². The van der Waals surface area contributed by atoms with Crippen LogP contribution in [0, 0.1) is 5.92 Å². The summed E-state index contributed by atoms with van der Waals surface area (Å²) in [6.45, 7) is 3.25. The molecule has 1 atom stereocenters. The third kappa shape index (κ3) is 3.23. The number of halogens is 1. The Balaban J connectivity index is 1.85. The molecule has 4 nitrogen and oxygen atoms in total. The van der Waals surface area contributed by atoms with E-state index in [4.69, 9.17) is 16.3 Å². The van der Waals surface area contributed by atoms with Gasteiger partial charge < -0.3 is 10.1 Å². The molecule has 1 aliphatic rings. The molecular formula is C11H16ClN3O. The molecule has 1 unspecified atom stereocenters. The lowest BCUT2D eigenvalue weighted by Gasteiger charge is -2.10. The summed E-state index contributed by atoms with van der Waals surface area (Å²) in [4.78, 5) is 8.31. The smallest absolute Gasteiger partial charge is 0.234 e. The number of aromatic nitrogens is 2. The maximum Gasteiger partial charge on any atom is 0.234 e. The van der Waals surface area contributed by atoms with Gasteiger partial charge in [-0.15, -0.1) is 11.6 Å².